The van der Waals surface area contributed by atoms with Crippen LogP contribution < -0.4 is 18.9 Å². The van der Waals surface area contributed by atoms with Crippen molar-refractivity contribution in [1.29, 1.82) is 0 Å². The van der Waals surface area contributed by atoms with Crippen molar-refractivity contribution in [3.63, 3.8) is 0 Å². The van der Waals surface area contributed by atoms with Gasteiger partial charge in [-0.2, -0.15) is 0 Å². The quantitative estimate of drug-likeness (QED) is 0.813. The van der Waals surface area contributed by atoms with Crippen molar-refractivity contribution in [2.75, 3.05) is 27.6 Å². The molecule has 27 heavy (non-hydrogen) atoms. The fourth-order valence-electron chi connectivity index (χ4n) is 4.59. The average molecular weight is 365 g/mol. The summed E-state index contributed by atoms with van der Waals surface area (Å²) in [5.41, 5.74) is 6.22. The van der Waals surface area contributed by atoms with Crippen LogP contribution in [0.3, 0.4) is 0 Å². The SMILES string of the molecule is CC[C@H]1c2c(ccc(OC)c2OC)C=C2c3cc4c(cc3CCN21)OCO4. The van der Waals surface area contributed by atoms with Crippen LogP contribution in [0.5, 0.6) is 23.0 Å². The summed E-state index contributed by atoms with van der Waals surface area (Å²) < 4.78 is 22.5. The fraction of sp³-hybridized carbons (Fsp3) is 0.364. The summed E-state index contributed by atoms with van der Waals surface area (Å²) in [6.45, 7) is 3.50. The first-order valence-electron chi connectivity index (χ1n) is 9.41. The van der Waals surface area contributed by atoms with E-state index >= 15 is 0 Å². The lowest BCUT2D eigenvalue weighted by Gasteiger charge is -2.43. The van der Waals surface area contributed by atoms with Crippen molar-refractivity contribution in [2.45, 2.75) is 25.8 Å². The Labute approximate surface area is 159 Å². The van der Waals surface area contributed by atoms with E-state index in [0.717, 1.165) is 42.4 Å². The lowest BCUT2D eigenvalue weighted by Crippen LogP contribution is -2.35. The summed E-state index contributed by atoms with van der Waals surface area (Å²) in [7, 11) is 3.41. The Morgan fingerprint density at radius 1 is 1.11 bits per heavy atom. The molecule has 0 aliphatic carbocycles. The lowest BCUT2D eigenvalue weighted by molar-refractivity contribution is 0.174. The molecule has 0 saturated heterocycles. The van der Waals surface area contributed by atoms with Gasteiger partial charge in [0.15, 0.2) is 23.0 Å². The largest absolute Gasteiger partial charge is 0.493 e. The number of fused-ring (bicyclic) bond motifs is 5. The highest BCUT2D eigenvalue weighted by atomic mass is 16.7. The molecule has 1 atom stereocenters. The van der Waals surface area contributed by atoms with Crippen molar-refractivity contribution < 1.29 is 18.9 Å². The van der Waals surface area contributed by atoms with Crippen LogP contribution in [0.15, 0.2) is 24.3 Å². The predicted molar refractivity (Wildman–Crippen MR) is 103 cm³/mol. The highest BCUT2D eigenvalue weighted by Crippen LogP contribution is 2.50. The van der Waals surface area contributed by atoms with E-state index in [1.807, 2.05) is 6.07 Å². The highest BCUT2D eigenvalue weighted by Gasteiger charge is 2.35. The van der Waals surface area contributed by atoms with Crippen LogP contribution in [-0.4, -0.2) is 32.5 Å². The molecule has 2 aromatic rings. The zero-order valence-electron chi connectivity index (χ0n) is 15.9. The Morgan fingerprint density at radius 2 is 1.93 bits per heavy atom. The summed E-state index contributed by atoms with van der Waals surface area (Å²) >= 11 is 0. The van der Waals surface area contributed by atoms with Gasteiger partial charge in [0.2, 0.25) is 6.79 Å². The van der Waals surface area contributed by atoms with Gasteiger partial charge in [0, 0.05) is 23.4 Å². The highest BCUT2D eigenvalue weighted by molar-refractivity contribution is 5.88. The normalized spacial score (nSPS) is 19.0. The van der Waals surface area contributed by atoms with Gasteiger partial charge in [0.25, 0.3) is 0 Å². The Bertz CT molecular complexity index is 950. The van der Waals surface area contributed by atoms with Crippen LogP contribution in [0.25, 0.3) is 11.8 Å². The minimum atomic E-state index is 0.253. The molecule has 0 N–H and O–H groups in total. The maximum Gasteiger partial charge on any atom is 0.231 e. The van der Waals surface area contributed by atoms with Crippen LogP contribution in [-0.2, 0) is 6.42 Å². The van der Waals surface area contributed by atoms with Gasteiger partial charge in [0.05, 0.1) is 20.3 Å². The third-order valence-electron chi connectivity index (χ3n) is 5.81. The molecule has 5 heteroatoms. The minimum Gasteiger partial charge on any atom is -0.493 e. The number of hydrogen-bond donors (Lipinski definition) is 0. The first-order chi connectivity index (χ1) is 13.2. The van der Waals surface area contributed by atoms with E-state index < -0.39 is 0 Å². The molecule has 0 radical (unpaired) electrons. The van der Waals surface area contributed by atoms with Gasteiger partial charge in [-0.15, -0.1) is 0 Å². The first kappa shape index (κ1) is 16.4. The zero-order chi connectivity index (χ0) is 18.5. The molecule has 0 aromatic heterocycles. The maximum absolute atomic E-state index is 5.76. The lowest BCUT2D eigenvalue weighted by atomic mass is 9.85. The number of ether oxygens (including phenoxy) is 4. The Kier molecular flexibility index (Phi) is 3.71. The van der Waals surface area contributed by atoms with E-state index in [4.69, 9.17) is 18.9 Å². The van der Waals surface area contributed by atoms with Gasteiger partial charge in [-0.3, -0.25) is 0 Å². The summed E-state index contributed by atoms with van der Waals surface area (Å²) in [4.78, 5) is 2.49. The van der Waals surface area contributed by atoms with Crippen LogP contribution in [0.2, 0.25) is 0 Å². The molecule has 140 valence electrons. The molecule has 0 amide bonds. The van der Waals surface area contributed by atoms with Gasteiger partial charge in [-0.1, -0.05) is 13.0 Å². The molecule has 3 aliphatic heterocycles. The summed E-state index contributed by atoms with van der Waals surface area (Å²) in [6, 6.07) is 8.64. The molecule has 0 unspecified atom stereocenters. The molecule has 3 heterocycles. The average Bonchev–Trinajstić information content (AvgIpc) is 3.16. The Morgan fingerprint density at radius 3 is 2.67 bits per heavy atom. The number of methoxy groups -OCH3 is 2. The van der Waals surface area contributed by atoms with Crippen molar-refractivity contribution >= 4 is 11.8 Å². The summed E-state index contributed by atoms with van der Waals surface area (Å²) in [6.07, 6.45) is 4.25. The third kappa shape index (κ3) is 2.30. The number of benzene rings is 2. The fourth-order valence-corrected chi connectivity index (χ4v) is 4.59. The van der Waals surface area contributed by atoms with E-state index in [1.54, 1.807) is 14.2 Å². The molecule has 0 fully saturated rings. The summed E-state index contributed by atoms with van der Waals surface area (Å²) in [5.74, 6) is 3.32. The number of hydrogen-bond acceptors (Lipinski definition) is 5. The first-order valence-corrected chi connectivity index (χ1v) is 9.41. The van der Waals surface area contributed by atoms with Crippen LogP contribution in [0, 0.1) is 0 Å². The molecule has 0 spiro atoms. The van der Waals surface area contributed by atoms with Crippen LogP contribution in [0.1, 0.15) is 41.6 Å². The smallest absolute Gasteiger partial charge is 0.231 e. The third-order valence-corrected chi connectivity index (χ3v) is 5.81. The predicted octanol–water partition coefficient (Wildman–Crippen LogP) is 4.25. The molecule has 2 aromatic carbocycles. The Balaban J connectivity index is 1.71. The van der Waals surface area contributed by atoms with Crippen molar-refractivity contribution in [2.24, 2.45) is 0 Å². The molecular formula is C22H23NO4. The number of rotatable bonds is 3. The van der Waals surface area contributed by atoms with Crippen LogP contribution >= 0.6 is 0 Å². The molecule has 5 rings (SSSR count). The van der Waals surface area contributed by atoms with Gasteiger partial charge in [-0.25, -0.2) is 0 Å². The van der Waals surface area contributed by atoms with Gasteiger partial charge in [0.1, 0.15) is 0 Å². The monoisotopic (exact) mass is 365 g/mol. The topological polar surface area (TPSA) is 40.2 Å². The second kappa shape index (κ2) is 6.12. The van der Waals surface area contributed by atoms with Gasteiger partial charge < -0.3 is 23.8 Å². The minimum absolute atomic E-state index is 0.253. The number of nitrogens with zero attached hydrogens (tertiary/aromatic N) is 1. The van der Waals surface area contributed by atoms with E-state index in [2.05, 4.69) is 36.1 Å². The maximum atomic E-state index is 5.76. The van der Waals surface area contributed by atoms with Gasteiger partial charge >= 0.3 is 0 Å². The van der Waals surface area contributed by atoms with E-state index in [0.29, 0.717) is 6.79 Å². The standard InChI is InChI=1S/C22H23NO4/c1-4-16-21-14(5-6-18(24-2)22(21)25-3)9-17-15-11-20-19(26-12-27-20)10-13(15)7-8-23(16)17/h5-6,9-11,16H,4,7-8,12H2,1-3H3/t16-/m0/s1. The molecule has 0 saturated carbocycles. The summed E-state index contributed by atoms with van der Waals surface area (Å²) in [5, 5.41) is 0. The molecule has 3 aliphatic rings. The van der Waals surface area contributed by atoms with E-state index in [1.165, 1.54) is 28.0 Å². The molecule has 5 nitrogen and oxygen atoms in total. The second-order valence-electron chi connectivity index (χ2n) is 7.06. The Hall–Kier alpha value is -2.82. The van der Waals surface area contributed by atoms with E-state index in [-0.39, 0.29) is 6.04 Å². The van der Waals surface area contributed by atoms with Crippen LogP contribution in [0.4, 0.5) is 0 Å². The molecular weight excluding hydrogens is 342 g/mol. The van der Waals surface area contributed by atoms with Crippen molar-refractivity contribution in [3.8, 4) is 23.0 Å². The van der Waals surface area contributed by atoms with Gasteiger partial charge in [-0.05, 0) is 48.2 Å². The molecule has 0 bridgehead atoms. The van der Waals surface area contributed by atoms with E-state index in [9.17, 15) is 0 Å². The van der Waals surface area contributed by atoms with Crippen molar-refractivity contribution in [1.82, 2.24) is 4.90 Å². The second-order valence-corrected chi connectivity index (χ2v) is 7.06. The van der Waals surface area contributed by atoms with Crippen molar-refractivity contribution in [3.05, 3.63) is 46.5 Å². The zero-order valence-corrected chi connectivity index (χ0v) is 15.9.